The Morgan fingerprint density at radius 1 is 0.875 bits per heavy atom. The van der Waals surface area contributed by atoms with Crippen molar-refractivity contribution in [3.8, 4) is 11.5 Å². The largest absolute Gasteiger partial charge is 0.493 e. The van der Waals surface area contributed by atoms with Crippen LogP contribution in [0.3, 0.4) is 0 Å². The van der Waals surface area contributed by atoms with E-state index < -0.39 is 18.5 Å². The molecule has 0 radical (unpaired) electrons. The first-order valence-corrected chi connectivity index (χ1v) is 9.93. The van der Waals surface area contributed by atoms with Crippen LogP contribution in [0.5, 0.6) is 11.5 Å². The fourth-order valence-electron chi connectivity index (χ4n) is 2.70. The van der Waals surface area contributed by atoms with E-state index in [0.29, 0.717) is 29.5 Å². The molecule has 0 aromatic heterocycles. The van der Waals surface area contributed by atoms with E-state index in [-0.39, 0.29) is 5.56 Å². The summed E-state index contributed by atoms with van der Waals surface area (Å²) >= 11 is 0. The summed E-state index contributed by atoms with van der Waals surface area (Å²) in [5.74, 6) is -0.167. The van der Waals surface area contributed by atoms with Gasteiger partial charge in [0.25, 0.3) is 5.91 Å². The van der Waals surface area contributed by atoms with E-state index in [1.807, 2.05) is 37.3 Å². The zero-order valence-corrected chi connectivity index (χ0v) is 17.8. The standard InChI is InChI=1S/C24H23N3O5/c1-3-31-21-14-9-17(15-22(21)30-2)24(29)32-16-23(28)25-18-10-12-20(13-11-18)27-26-19-7-5-4-6-8-19/h4-15H,3,16H2,1-2H3,(H,25,28). The fraction of sp³-hybridized carbons (Fsp3) is 0.167. The summed E-state index contributed by atoms with van der Waals surface area (Å²) in [5, 5.41) is 10.9. The van der Waals surface area contributed by atoms with Gasteiger partial charge in [-0.25, -0.2) is 4.79 Å². The van der Waals surface area contributed by atoms with E-state index in [9.17, 15) is 9.59 Å². The summed E-state index contributed by atoms with van der Waals surface area (Å²) in [7, 11) is 1.48. The number of esters is 1. The van der Waals surface area contributed by atoms with Crippen LogP contribution in [0.1, 0.15) is 17.3 Å². The van der Waals surface area contributed by atoms with Crippen molar-refractivity contribution >= 4 is 28.9 Å². The highest BCUT2D eigenvalue weighted by molar-refractivity contribution is 5.95. The lowest BCUT2D eigenvalue weighted by atomic mass is 10.2. The second-order valence-corrected chi connectivity index (χ2v) is 6.51. The molecule has 3 rings (SSSR count). The molecule has 1 N–H and O–H groups in total. The minimum Gasteiger partial charge on any atom is -0.493 e. The summed E-state index contributed by atoms with van der Waals surface area (Å²) in [6, 6.07) is 20.9. The summed E-state index contributed by atoms with van der Waals surface area (Å²) in [6.45, 7) is 1.89. The fourth-order valence-corrected chi connectivity index (χ4v) is 2.70. The molecule has 1 amide bonds. The molecule has 164 valence electrons. The Kier molecular flexibility index (Phi) is 7.91. The number of anilines is 1. The molecule has 0 saturated heterocycles. The van der Waals surface area contributed by atoms with Crippen LogP contribution in [0.25, 0.3) is 0 Å². The lowest BCUT2D eigenvalue weighted by Gasteiger charge is -2.11. The number of benzene rings is 3. The van der Waals surface area contributed by atoms with Crippen LogP contribution in [0.4, 0.5) is 17.1 Å². The molecule has 3 aromatic rings. The number of nitrogens with one attached hydrogen (secondary N) is 1. The Morgan fingerprint density at radius 2 is 1.56 bits per heavy atom. The number of ether oxygens (including phenoxy) is 3. The molecule has 0 fully saturated rings. The first-order chi connectivity index (χ1) is 15.6. The molecule has 0 saturated carbocycles. The molecule has 3 aromatic carbocycles. The van der Waals surface area contributed by atoms with Crippen LogP contribution in [-0.2, 0) is 9.53 Å². The maximum absolute atomic E-state index is 12.3. The van der Waals surface area contributed by atoms with Gasteiger partial charge in [0.05, 0.1) is 30.7 Å². The number of methoxy groups -OCH3 is 1. The van der Waals surface area contributed by atoms with Gasteiger partial charge in [-0.2, -0.15) is 10.2 Å². The highest BCUT2D eigenvalue weighted by Crippen LogP contribution is 2.28. The molecule has 0 unspecified atom stereocenters. The van der Waals surface area contributed by atoms with Crippen LogP contribution in [-0.4, -0.2) is 32.2 Å². The van der Waals surface area contributed by atoms with Gasteiger partial charge in [0, 0.05) is 5.69 Å². The molecule has 0 bridgehead atoms. The quantitative estimate of drug-likeness (QED) is 0.364. The van der Waals surface area contributed by atoms with Gasteiger partial charge >= 0.3 is 5.97 Å². The SMILES string of the molecule is CCOc1ccc(C(=O)OCC(=O)Nc2ccc(N=Nc3ccccc3)cc2)cc1OC. The monoisotopic (exact) mass is 433 g/mol. The Bertz CT molecular complexity index is 1080. The topological polar surface area (TPSA) is 98.6 Å². The Labute approximate surface area is 185 Å². The summed E-state index contributed by atoms with van der Waals surface area (Å²) in [6.07, 6.45) is 0. The predicted molar refractivity (Wildman–Crippen MR) is 120 cm³/mol. The van der Waals surface area contributed by atoms with E-state index in [2.05, 4.69) is 15.5 Å². The molecule has 0 atom stereocenters. The smallest absolute Gasteiger partial charge is 0.338 e. The molecule has 0 aliphatic rings. The van der Waals surface area contributed by atoms with Gasteiger partial charge in [0.15, 0.2) is 18.1 Å². The van der Waals surface area contributed by atoms with E-state index in [4.69, 9.17) is 14.2 Å². The molecule has 0 aliphatic heterocycles. The van der Waals surface area contributed by atoms with Gasteiger partial charge in [-0.15, -0.1) is 0 Å². The van der Waals surface area contributed by atoms with E-state index >= 15 is 0 Å². The number of rotatable bonds is 9. The van der Waals surface area contributed by atoms with Gasteiger partial charge in [0.1, 0.15) is 0 Å². The second-order valence-electron chi connectivity index (χ2n) is 6.51. The maximum Gasteiger partial charge on any atom is 0.338 e. The van der Waals surface area contributed by atoms with Crippen LogP contribution in [0.15, 0.2) is 83.0 Å². The lowest BCUT2D eigenvalue weighted by molar-refractivity contribution is -0.119. The van der Waals surface area contributed by atoms with Gasteiger partial charge in [0.2, 0.25) is 0 Å². The Morgan fingerprint density at radius 3 is 2.22 bits per heavy atom. The van der Waals surface area contributed by atoms with Crippen LogP contribution in [0.2, 0.25) is 0 Å². The molecule has 0 spiro atoms. The van der Waals surface area contributed by atoms with Crippen molar-refractivity contribution in [3.05, 3.63) is 78.4 Å². The lowest BCUT2D eigenvalue weighted by Crippen LogP contribution is -2.20. The minimum atomic E-state index is -0.641. The first-order valence-electron chi connectivity index (χ1n) is 9.93. The van der Waals surface area contributed by atoms with Crippen molar-refractivity contribution in [3.63, 3.8) is 0 Å². The molecule has 32 heavy (non-hydrogen) atoms. The first kappa shape index (κ1) is 22.5. The molecule has 0 aliphatic carbocycles. The van der Waals surface area contributed by atoms with Crippen molar-refractivity contribution in [2.75, 3.05) is 25.6 Å². The summed E-state index contributed by atoms with van der Waals surface area (Å²) < 4.78 is 15.7. The number of carbonyl (C=O) groups is 2. The van der Waals surface area contributed by atoms with Crippen molar-refractivity contribution in [2.45, 2.75) is 6.92 Å². The van der Waals surface area contributed by atoms with E-state index in [1.54, 1.807) is 36.4 Å². The van der Waals surface area contributed by atoms with Crippen molar-refractivity contribution in [1.29, 1.82) is 0 Å². The number of azo groups is 1. The third-order valence-corrected chi connectivity index (χ3v) is 4.22. The number of nitrogens with zero attached hydrogens (tertiary/aromatic N) is 2. The molecule has 8 heteroatoms. The predicted octanol–water partition coefficient (Wildman–Crippen LogP) is 5.30. The number of hydrogen-bond acceptors (Lipinski definition) is 7. The van der Waals surface area contributed by atoms with Gasteiger partial charge in [-0.1, -0.05) is 18.2 Å². The maximum atomic E-state index is 12.3. The number of hydrogen-bond donors (Lipinski definition) is 1. The minimum absolute atomic E-state index is 0.256. The van der Waals surface area contributed by atoms with Crippen LogP contribution >= 0.6 is 0 Å². The van der Waals surface area contributed by atoms with Crippen molar-refractivity contribution < 1.29 is 23.8 Å². The Hall–Kier alpha value is -4.20. The van der Waals surface area contributed by atoms with Gasteiger partial charge in [-0.3, -0.25) is 4.79 Å². The third kappa shape index (κ3) is 6.40. The van der Waals surface area contributed by atoms with Gasteiger partial charge in [-0.05, 0) is 61.5 Å². The zero-order chi connectivity index (χ0) is 22.8. The summed E-state index contributed by atoms with van der Waals surface area (Å²) in [4.78, 5) is 24.4. The number of amides is 1. The van der Waals surface area contributed by atoms with Crippen LogP contribution in [0, 0.1) is 0 Å². The van der Waals surface area contributed by atoms with Crippen LogP contribution < -0.4 is 14.8 Å². The average Bonchev–Trinajstić information content (AvgIpc) is 2.83. The summed E-state index contributed by atoms with van der Waals surface area (Å²) in [5.41, 5.74) is 2.19. The van der Waals surface area contributed by atoms with Crippen molar-refractivity contribution in [2.24, 2.45) is 10.2 Å². The average molecular weight is 433 g/mol. The highest BCUT2D eigenvalue weighted by atomic mass is 16.5. The highest BCUT2D eigenvalue weighted by Gasteiger charge is 2.14. The molecule has 8 nitrogen and oxygen atoms in total. The Balaban J connectivity index is 1.51. The molecular weight excluding hydrogens is 410 g/mol. The molecular formula is C24H23N3O5. The molecule has 0 heterocycles. The number of carbonyl (C=O) groups excluding carboxylic acids is 2. The zero-order valence-electron chi connectivity index (χ0n) is 17.8. The van der Waals surface area contributed by atoms with E-state index in [1.165, 1.54) is 13.2 Å². The van der Waals surface area contributed by atoms with E-state index in [0.717, 1.165) is 5.69 Å². The third-order valence-electron chi connectivity index (χ3n) is 4.22. The van der Waals surface area contributed by atoms with Crippen molar-refractivity contribution in [1.82, 2.24) is 0 Å². The second kappa shape index (κ2) is 11.3. The van der Waals surface area contributed by atoms with Gasteiger partial charge < -0.3 is 19.5 Å². The normalized spacial score (nSPS) is 10.6.